The number of nitrogens with one attached hydrogen (secondary N) is 1. The molecule has 0 amide bonds. The van der Waals surface area contributed by atoms with Crippen molar-refractivity contribution in [3.8, 4) is 0 Å². The maximum atomic E-state index is 12.1. The predicted octanol–water partition coefficient (Wildman–Crippen LogP) is 3.81. The van der Waals surface area contributed by atoms with Crippen molar-refractivity contribution in [3.63, 3.8) is 0 Å². The zero-order valence-electron chi connectivity index (χ0n) is 9.52. The highest BCUT2D eigenvalue weighted by molar-refractivity contribution is 6.30. The predicted molar refractivity (Wildman–Crippen MR) is 63.3 cm³/mol. The standard InChI is InChI=1S/C12H15ClF3N/c1-17-11(6-7-12(14,15)16)8-9-2-4-10(13)5-3-9/h2-5,11,17H,6-8H2,1H3. The highest BCUT2D eigenvalue weighted by Crippen LogP contribution is 2.23. The first kappa shape index (κ1) is 14.3. The van der Waals surface area contributed by atoms with Crippen molar-refractivity contribution in [2.75, 3.05) is 7.05 Å². The summed E-state index contributed by atoms with van der Waals surface area (Å²) >= 11 is 5.74. The fourth-order valence-corrected chi connectivity index (χ4v) is 1.72. The lowest BCUT2D eigenvalue weighted by molar-refractivity contribution is -0.136. The molecule has 0 aliphatic heterocycles. The van der Waals surface area contributed by atoms with Gasteiger partial charge >= 0.3 is 6.18 Å². The average Bonchev–Trinajstić information content (AvgIpc) is 2.25. The Kier molecular flexibility index (Phi) is 5.28. The molecule has 1 atom stereocenters. The minimum Gasteiger partial charge on any atom is -0.317 e. The lowest BCUT2D eigenvalue weighted by Crippen LogP contribution is -2.29. The van der Waals surface area contributed by atoms with Gasteiger partial charge in [0.15, 0.2) is 0 Å². The second-order valence-corrected chi connectivity index (χ2v) is 4.41. The highest BCUT2D eigenvalue weighted by Gasteiger charge is 2.27. The lowest BCUT2D eigenvalue weighted by atomic mass is 10.0. The minimum atomic E-state index is -4.09. The minimum absolute atomic E-state index is 0.0859. The van der Waals surface area contributed by atoms with Gasteiger partial charge in [-0.15, -0.1) is 0 Å². The summed E-state index contributed by atoms with van der Waals surface area (Å²) in [5.74, 6) is 0. The summed E-state index contributed by atoms with van der Waals surface area (Å²) in [4.78, 5) is 0. The summed E-state index contributed by atoms with van der Waals surface area (Å²) in [6, 6.07) is 6.99. The molecule has 1 rings (SSSR count). The lowest BCUT2D eigenvalue weighted by Gasteiger charge is -2.17. The summed E-state index contributed by atoms with van der Waals surface area (Å²) < 4.78 is 36.3. The van der Waals surface area contributed by atoms with Crippen LogP contribution < -0.4 is 5.32 Å². The van der Waals surface area contributed by atoms with Crippen LogP contribution in [0.1, 0.15) is 18.4 Å². The number of alkyl halides is 3. The van der Waals surface area contributed by atoms with E-state index in [2.05, 4.69) is 5.32 Å². The summed E-state index contributed by atoms with van der Waals surface area (Å²) in [5, 5.41) is 3.53. The maximum Gasteiger partial charge on any atom is 0.389 e. The smallest absolute Gasteiger partial charge is 0.317 e. The van der Waals surface area contributed by atoms with Crippen LogP contribution in [0.5, 0.6) is 0 Å². The van der Waals surface area contributed by atoms with Gasteiger partial charge in [-0.1, -0.05) is 23.7 Å². The van der Waals surface area contributed by atoms with Crippen LogP contribution in [0.4, 0.5) is 13.2 Å². The van der Waals surface area contributed by atoms with Gasteiger partial charge in [0.2, 0.25) is 0 Å². The van der Waals surface area contributed by atoms with E-state index in [-0.39, 0.29) is 12.5 Å². The van der Waals surface area contributed by atoms with Crippen LogP contribution in [0.3, 0.4) is 0 Å². The molecule has 0 bridgehead atoms. The van der Waals surface area contributed by atoms with Gasteiger partial charge in [0.25, 0.3) is 0 Å². The van der Waals surface area contributed by atoms with Gasteiger partial charge in [-0.05, 0) is 37.6 Å². The second kappa shape index (κ2) is 6.26. The molecule has 1 aromatic carbocycles. The molecule has 1 aromatic rings. The van der Waals surface area contributed by atoms with Crippen molar-refractivity contribution in [2.24, 2.45) is 0 Å². The SMILES string of the molecule is CNC(CCC(F)(F)F)Cc1ccc(Cl)cc1. The summed E-state index contributed by atoms with van der Waals surface area (Å²) in [7, 11) is 1.68. The third kappa shape index (κ3) is 5.94. The Morgan fingerprint density at radius 3 is 2.29 bits per heavy atom. The number of rotatable bonds is 5. The maximum absolute atomic E-state index is 12.1. The van der Waals surface area contributed by atoms with Crippen molar-refractivity contribution in [1.29, 1.82) is 0 Å². The highest BCUT2D eigenvalue weighted by atomic mass is 35.5. The van der Waals surface area contributed by atoms with Gasteiger partial charge < -0.3 is 5.32 Å². The first-order valence-electron chi connectivity index (χ1n) is 5.39. The van der Waals surface area contributed by atoms with Crippen molar-refractivity contribution in [2.45, 2.75) is 31.5 Å². The molecule has 0 aliphatic carbocycles. The van der Waals surface area contributed by atoms with Gasteiger partial charge in [0.05, 0.1) is 0 Å². The average molecular weight is 266 g/mol. The van der Waals surface area contributed by atoms with E-state index in [0.717, 1.165) is 5.56 Å². The Bertz CT molecular complexity index is 335. The molecule has 96 valence electrons. The molecule has 1 unspecified atom stereocenters. The van der Waals surface area contributed by atoms with E-state index < -0.39 is 12.6 Å². The Labute approximate surface area is 104 Å². The molecule has 0 fully saturated rings. The van der Waals surface area contributed by atoms with Crippen LogP contribution in [0, 0.1) is 0 Å². The molecule has 0 aromatic heterocycles. The second-order valence-electron chi connectivity index (χ2n) is 3.97. The fourth-order valence-electron chi connectivity index (χ4n) is 1.59. The molecule has 1 N–H and O–H groups in total. The van der Waals surface area contributed by atoms with Gasteiger partial charge in [0, 0.05) is 17.5 Å². The van der Waals surface area contributed by atoms with E-state index in [1.54, 1.807) is 19.2 Å². The monoisotopic (exact) mass is 265 g/mol. The Balaban J connectivity index is 2.49. The van der Waals surface area contributed by atoms with E-state index in [1.807, 2.05) is 12.1 Å². The largest absolute Gasteiger partial charge is 0.389 e. The van der Waals surface area contributed by atoms with E-state index in [4.69, 9.17) is 11.6 Å². The molecule has 0 saturated heterocycles. The van der Waals surface area contributed by atoms with Gasteiger partial charge in [-0.3, -0.25) is 0 Å². The van der Waals surface area contributed by atoms with Crippen molar-refractivity contribution >= 4 is 11.6 Å². The van der Waals surface area contributed by atoms with E-state index in [1.165, 1.54) is 0 Å². The number of benzene rings is 1. The van der Waals surface area contributed by atoms with E-state index in [9.17, 15) is 13.2 Å². The van der Waals surface area contributed by atoms with Crippen LogP contribution in [-0.4, -0.2) is 19.3 Å². The third-order valence-corrected chi connectivity index (χ3v) is 2.83. The van der Waals surface area contributed by atoms with Gasteiger partial charge in [-0.25, -0.2) is 0 Å². The first-order chi connectivity index (χ1) is 7.90. The number of halogens is 4. The van der Waals surface area contributed by atoms with Crippen LogP contribution >= 0.6 is 11.6 Å². The first-order valence-corrected chi connectivity index (χ1v) is 5.77. The zero-order chi connectivity index (χ0) is 12.9. The number of hydrogen-bond donors (Lipinski definition) is 1. The van der Waals surface area contributed by atoms with Crippen LogP contribution in [0.15, 0.2) is 24.3 Å². The van der Waals surface area contributed by atoms with E-state index in [0.29, 0.717) is 11.4 Å². The molecule has 0 saturated carbocycles. The molecule has 17 heavy (non-hydrogen) atoms. The Morgan fingerprint density at radius 1 is 1.24 bits per heavy atom. The van der Waals surface area contributed by atoms with Crippen molar-refractivity contribution in [3.05, 3.63) is 34.9 Å². The molecule has 1 nitrogen and oxygen atoms in total. The molecule has 0 radical (unpaired) electrons. The third-order valence-electron chi connectivity index (χ3n) is 2.58. The van der Waals surface area contributed by atoms with Crippen molar-refractivity contribution in [1.82, 2.24) is 5.32 Å². The molecule has 5 heteroatoms. The summed E-state index contributed by atoms with van der Waals surface area (Å²) in [6.45, 7) is 0. The Hall–Kier alpha value is -0.740. The number of likely N-dealkylation sites (N-methyl/N-ethyl adjacent to an activating group) is 1. The van der Waals surface area contributed by atoms with Gasteiger partial charge in [0.1, 0.15) is 0 Å². The Morgan fingerprint density at radius 2 is 1.82 bits per heavy atom. The molecular formula is C12H15ClF3N. The van der Waals surface area contributed by atoms with Crippen molar-refractivity contribution < 1.29 is 13.2 Å². The fraction of sp³-hybridized carbons (Fsp3) is 0.500. The summed E-state index contributed by atoms with van der Waals surface area (Å²) in [5.41, 5.74) is 0.982. The molecule has 0 spiro atoms. The quantitative estimate of drug-likeness (QED) is 0.854. The van der Waals surface area contributed by atoms with Gasteiger partial charge in [-0.2, -0.15) is 13.2 Å². The number of hydrogen-bond acceptors (Lipinski definition) is 1. The molecule has 0 heterocycles. The van der Waals surface area contributed by atoms with Crippen LogP contribution in [-0.2, 0) is 6.42 Å². The van der Waals surface area contributed by atoms with E-state index >= 15 is 0 Å². The molecular weight excluding hydrogens is 251 g/mol. The van der Waals surface area contributed by atoms with Crippen LogP contribution in [0.25, 0.3) is 0 Å². The summed E-state index contributed by atoms with van der Waals surface area (Å²) in [6.07, 6.45) is -4.19. The molecule has 0 aliphatic rings. The topological polar surface area (TPSA) is 12.0 Å². The normalized spacial score (nSPS) is 13.7. The zero-order valence-corrected chi connectivity index (χ0v) is 10.3. The van der Waals surface area contributed by atoms with Crippen LogP contribution in [0.2, 0.25) is 5.02 Å².